The molecule has 0 saturated carbocycles. The number of likely N-dealkylation sites (N-methyl/N-ethyl adjacent to an activating group) is 1. The molecule has 1 aromatic heterocycles. The van der Waals surface area contributed by atoms with Crippen molar-refractivity contribution in [3.63, 3.8) is 0 Å². The summed E-state index contributed by atoms with van der Waals surface area (Å²) in [7, 11) is 2.11. The lowest BCUT2D eigenvalue weighted by atomic mass is 9.97. The molecule has 5 rings (SSSR count). The smallest absolute Gasteiger partial charge is 0.324 e. The standard InChI is InChI=1S/C25H24N4O3S/c1-29-17-11-12-19(29)22-18(13-17)20(23(26)31)24(33-22)28-25(32)27-16-9-7-15(8-10-16)21(30)14-5-3-2-4-6-14/h2-10,17,19H,11-13H2,1H3,(H2,26,31)(H2,27,28,32). The highest BCUT2D eigenvalue weighted by Crippen LogP contribution is 2.49. The number of carbonyl (C=O) groups excluding carboxylic acids is 3. The number of nitrogens with two attached hydrogens (primary N) is 1. The van der Waals surface area contributed by atoms with Crippen LogP contribution in [0.1, 0.15) is 55.6 Å². The van der Waals surface area contributed by atoms with E-state index in [0.717, 1.165) is 29.7 Å². The molecule has 2 aliphatic heterocycles. The lowest BCUT2D eigenvalue weighted by Gasteiger charge is -2.31. The summed E-state index contributed by atoms with van der Waals surface area (Å²) in [6.07, 6.45) is 2.93. The molecule has 1 saturated heterocycles. The van der Waals surface area contributed by atoms with Crippen molar-refractivity contribution in [3.8, 4) is 0 Å². The van der Waals surface area contributed by atoms with Gasteiger partial charge < -0.3 is 11.1 Å². The van der Waals surface area contributed by atoms with Gasteiger partial charge in [0.15, 0.2) is 5.78 Å². The third kappa shape index (κ3) is 3.92. The Morgan fingerprint density at radius 1 is 0.970 bits per heavy atom. The maximum atomic E-state index is 12.7. The molecule has 2 bridgehead atoms. The Bertz CT molecular complexity index is 1240. The van der Waals surface area contributed by atoms with Crippen LogP contribution in [-0.4, -0.2) is 35.7 Å². The number of ketones is 1. The van der Waals surface area contributed by atoms with Crippen LogP contribution < -0.4 is 16.4 Å². The number of primary amides is 1. The summed E-state index contributed by atoms with van der Waals surface area (Å²) in [6.45, 7) is 0. The van der Waals surface area contributed by atoms with E-state index in [2.05, 4.69) is 22.6 Å². The summed E-state index contributed by atoms with van der Waals surface area (Å²) in [4.78, 5) is 41.0. The van der Waals surface area contributed by atoms with E-state index in [1.54, 1.807) is 36.4 Å². The first-order valence-corrected chi connectivity index (χ1v) is 11.7. The number of urea groups is 1. The molecule has 7 nitrogen and oxygen atoms in total. The molecule has 2 aliphatic rings. The highest BCUT2D eigenvalue weighted by atomic mass is 32.1. The predicted octanol–water partition coefficient (Wildman–Crippen LogP) is 4.41. The molecule has 3 heterocycles. The molecule has 3 amide bonds. The second kappa shape index (κ2) is 8.46. The van der Waals surface area contributed by atoms with Crippen molar-refractivity contribution in [2.45, 2.75) is 31.3 Å². The maximum Gasteiger partial charge on any atom is 0.324 e. The molecule has 8 heteroatoms. The number of anilines is 2. The van der Waals surface area contributed by atoms with E-state index in [4.69, 9.17) is 5.73 Å². The van der Waals surface area contributed by atoms with Gasteiger partial charge in [0.2, 0.25) is 0 Å². The number of benzene rings is 2. The minimum absolute atomic E-state index is 0.0823. The second-order valence-electron chi connectivity index (χ2n) is 8.48. The first kappa shape index (κ1) is 21.4. The molecule has 2 unspecified atom stereocenters. The van der Waals surface area contributed by atoms with Crippen LogP contribution in [0.5, 0.6) is 0 Å². The van der Waals surface area contributed by atoms with Crippen LogP contribution in [0.3, 0.4) is 0 Å². The summed E-state index contributed by atoms with van der Waals surface area (Å²) in [5.41, 5.74) is 8.80. The van der Waals surface area contributed by atoms with Crippen LogP contribution >= 0.6 is 11.3 Å². The van der Waals surface area contributed by atoms with Crippen molar-refractivity contribution in [2.75, 3.05) is 17.7 Å². The van der Waals surface area contributed by atoms with Gasteiger partial charge in [-0.15, -0.1) is 11.3 Å². The van der Waals surface area contributed by atoms with E-state index in [1.165, 1.54) is 11.3 Å². The van der Waals surface area contributed by atoms with Crippen molar-refractivity contribution < 1.29 is 14.4 Å². The number of nitrogens with one attached hydrogen (secondary N) is 2. The number of nitrogens with zero attached hydrogens (tertiary/aromatic N) is 1. The number of thiophene rings is 1. The van der Waals surface area contributed by atoms with Gasteiger partial charge in [-0.3, -0.25) is 19.8 Å². The number of hydrogen-bond donors (Lipinski definition) is 3. The zero-order chi connectivity index (χ0) is 23.1. The van der Waals surface area contributed by atoms with Gasteiger partial charge in [0.05, 0.1) is 5.56 Å². The highest BCUT2D eigenvalue weighted by molar-refractivity contribution is 7.17. The number of amides is 3. The van der Waals surface area contributed by atoms with Gasteiger partial charge in [0.1, 0.15) is 5.00 Å². The van der Waals surface area contributed by atoms with Crippen molar-refractivity contribution in [1.29, 1.82) is 0 Å². The van der Waals surface area contributed by atoms with E-state index >= 15 is 0 Å². The average molecular weight is 461 g/mol. The van der Waals surface area contributed by atoms with Gasteiger partial charge in [-0.05, 0) is 56.1 Å². The topological polar surface area (TPSA) is 105 Å². The molecule has 3 aromatic rings. The van der Waals surface area contributed by atoms with Gasteiger partial charge in [-0.2, -0.15) is 0 Å². The molecule has 33 heavy (non-hydrogen) atoms. The first-order valence-electron chi connectivity index (χ1n) is 10.9. The fourth-order valence-corrected chi connectivity index (χ4v) is 6.26. The van der Waals surface area contributed by atoms with Gasteiger partial charge in [0, 0.05) is 33.8 Å². The van der Waals surface area contributed by atoms with E-state index < -0.39 is 11.9 Å². The maximum absolute atomic E-state index is 12.7. The monoisotopic (exact) mass is 460 g/mol. The Balaban J connectivity index is 1.31. The highest BCUT2D eigenvalue weighted by Gasteiger charge is 2.41. The minimum Gasteiger partial charge on any atom is -0.365 e. The van der Waals surface area contributed by atoms with Crippen molar-refractivity contribution in [3.05, 3.63) is 81.7 Å². The number of fused-ring (bicyclic) bond motifs is 4. The summed E-state index contributed by atoms with van der Waals surface area (Å²) in [6, 6.07) is 16.0. The summed E-state index contributed by atoms with van der Waals surface area (Å²) in [5.74, 6) is -0.600. The first-order chi connectivity index (χ1) is 15.9. The van der Waals surface area contributed by atoms with Crippen molar-refractivity contribution in [2.24, 2.45) is 5.73 Å². The van der Waals surface area contributed by atoms with Crippen molar-refractivity contribution >= 4 is 39.7 Å². The van der Waals surface area contributed by atoms with Crippen LogP contribution in [0.4, 0.5) is 15.5 Å². The molecule has 0 aliphatic carbocycles. The third-order valence-electron chi connectivity index (χ3n) is 6.54. The van der Waals surface area contributed by atoms with Crippen LogP contribution in [0.15, 0.2) is 54.6 Å². The normalized spacial score (nSPS) is 19.1. The Morgan fingerprint density at radius 3 is 2.36 bits per heavy atom. The van der Waals surface area contributed by atoms with E-state index in [1.807, 2.05) is 18.2 Å². The summed E-state index contributed by atoms with van der Waals surface area (Å²) in [5, 5.41) is 6.07. The fraction of sp³-hybridized carbons (Fsp3) is 0.240. The summed E-state index contributed by atoms with van der Waals surface area (Å²) >= 11 is 1.44. The molecule has 1 fully saturated rings. The minimum atomic E-state index is -0.518. The molecular formula is C25H24N4O3S. The summed E-state index contributed by atoms with van der Waals surface area (Å²) < 4.78 is 0. The average Bonchev–Trinajstić information content (AvgIpc) is 3.28. The van der Waals surface area contributed by atoms with Crippen LogP contribution in [0.25, 0.3) is 0 Å². The molecule has 0 radical (unpaired) electrons. The van der Waals surface area contributed by atoms with Gasteiger partial charge in [0.25, 0.3) is 5.91 Å². The quantitative estimate of drug-likeness (QED) is 0.491. The molecule has 168 valence electrons. The predicted molar refractivity (Wildman–Crippen MR) is 129 cm³/mol. The van der Waals surface area contributed by atoms with Crippen molar-refractivity contribution in [1.82, 2.24) is 4.90 Å². The molecule has 0 spiro atoms. The van der Waals surface area contributed by atoms with Gasteiger partial charge in [-0.25, -0.2) is 4.79 Å². The largest absolute Gasteiger partial charge is 0.365 e. The van der Waals surface area contributed by atoms with Gasteiger partial charge >= 0.3 is 6.03 Å². The fourth-order valence-electron chi connectivity index (χ4n) is 4.84. The van der Waals surface area contributed by atoms with Crippen LogP contribution in [0, 0.1) is 0 Å². The Kier molecular flexibility index (Phi) is 5.47. The van der Waals surface area contributed by atoms with Gasteiger partial charge in [-0.1, -0.05) is 30.3 Å². The Labute approximate surface area is 195 Å². The third-order valence-corrected chi connectivity index (χ3v) is 7.78. The second-order valence-corrected chi connectivity index (χ2v) is 9.53. The zero-order valence-electron chi connectivity index (χ0n) is 18.1. The molecular weight excluding hydrogens is 436 g/mol. The lowest BCUT2D eigenvalue weighted by Crippen LogP contribution is -2.34. The number of hydrogen-bond acceptors (Lipinski definition) is 5. The van der Waals surface area contributed by atoms with E-state index in [0.29, 0.717) is 33.4 Å². The number of rotatable bonds is 5. The van der Waals surface area contributed by atoms with Crippen LogP contribution in [-0.2, 0) is 6.42 Å². The SMILES string of the molecule is CN1C2CCC1c1sc(NC(=O)Nc3ccc(C(=O)c4ccccc4)cc3)c(C(N)=O)c1C2. The lowest BCUT2D eigenvalue weighted by molar-refractivity contribution is 0.0997. The van der Waals surface area contributed by atoms with Crippen LogP contribution in [0.2, 0.25) is 0 Å². The van der Waals surface area contributed by atoms with E-state index in [9.17, 15) is 14.4 Å². The molecule has 2 atom stereocenters. The Hall–Kier alpha value is -3.49. The zero-order valence-corrected chi connectivity index (χ0v) is 18.9. The Morgan fingerprint density at radius 2 is 1.67 bits per heavy atom. The molecule has 2 aromatic carbocycles. The van der Waals surface area contributed by atoms with E-state index in [-0.39, 0.29) is 11.8 Å². The molecule has 4 N–H and O–H groups in total. The number of carbonyl (C=O) groups is 3.